The highest BCUT2D eigenvalue weighted by molar-refractivity contribution is 6.51. The van der Waals surface area contributed by atoms with Crippen molar-refractivity contribution in [3.63, 3.8) is 0 Å². The maximum Gasteiger partial charge on any atom is 0.484 e. The van der Waals surface area contributed by atoms with Crippen molar-refractivity contribution in [2.75, 3.05) is 0 Å². The number of hydrogen-bond donors (Lipinski definition) is 2. The van der Waals surface area contributed by atoms with E-state index < -0.39 is 7.12 Å². The van der Waals surface area contributed by atoms with E-state index in [1.54, 1.807) is 0 Å². The standard InChI is InChI=1S/C8H15BO2.C2H6/c1-6-4-3-5-7(2)8(6)9(10)11;1-2/h6,10-11H,3-5H2,1-2H3;1-2H3. The lowest BCUT2D eigenvalue weighted by molar-refractivity contribution is 0.400. The zero-order valence-electron chi connectivity index (χ0n) is 9.17. The van der Waals surface area contributed by atoms with Crippen molar-refractivity contribution in [2.24, 2.45) is 5.92 Å². The molecule has 0 fully saturated rings. The molecule has 3 heteroatoms. The molecule has 0 spiro atoms. The Morgan fingerprint density at radius 2 is 1.85 bits per heavy atom. The fourth-order valence-corrected chi connectivity index (χ4v) is 1.87. The fraction of sp³-hybridized carbons (Fsp3) is 0.800. The topological polar surface area (TPSA) is 40.5 Å². The SMILES string of the molecule is CC.CC1=C(B(O)O)C(C)CCC1. The molecule has 0 bridgehead atoms. The molecule has 0 amide bonds. The van der Waals surface area contributed by atoms with Crippen molar-refractivity contribution < 1.29 is 10.0 Å². The van der Waals surface area contributed by atoms with Crippen LogP contribution in [0.15, 0.2) is 11.0 Å². The van der Waals surface area contributed by atoms with Crippen LogP contribution in [-0.2, 0) is 0 Å². The van der Waals surface area contributed by atoms with Gasteiger partial charge in [-0.05, 0) is 37.6 Å². The van der Waals surface area contributed by atoms with Gasteiger partial charge in [-0.2, -0.15) is 0 Å². The molecule has 0 radical (unpaired) electrons. The normalized spacial score (nSPS) is 22.2. The van der Waals surface area contributed by atoms with Gasteiger partial charge in [0, 0.05) is 0 Å². The maximum absolute atomic E-state index is 9.02. The first-order chi connectivity index (χ1) is 6.13. The Balaban J connectivity index is 0.000000671. The molecule has 0 aromatic rings. The average Bonchev–Trinajstić information content (AvgIpc) is 2.07. The average molecular weight is 184 g/mol. The predicted octanol–water partition coefficient (Wildman–Crippen LogP) is 2.16. The van der Waals surface area contributed by atoms with E-state index in [1.165, 1.54) is 12.0 Å². The van der Waals surface area contributed by atoms with Crippen LogP contribution < -0.4 is 0 Å². The van der Waals surface area contributed by atoms with Gasteiger partial charge >= 0.3 is 7.12 Å². The van der Waals surface area contributed by atoms with Crippen LogP contribution in [0.5, 0.6) is 0 Å². The van der Waals surface area contributed by atoms with Gasteiger partial charge in [-0.3, -0.25) is 0 Å². The summed E-state index contributed by atoms with van der Waals surface area (Å²) in [6.07, 6.45) is 3.30. The Morgan fingerprint density at radius 1 is 1.31 bits per heavy atom. The smallest absolute Gasteiger partial charge is 0.423 e. The van der Waals surface area contributed by atoms with Gasteiger partial charge in [0.15, 0.2) is 0 Å². The van der Waals surface area contributed by atoms with Gasteiger partial charge in [0.05, 0.1) is 0 Å². The Hall–Kier alpha value is -0.275. The number of rotatable bonds is 1. The highest BCUT2D eigenvalue weighted by Crippen LogP contribution is 2.29. The summed E-state index contributed by atoms with van der Waals surface area (Å²) < 4.78 is 0. The Kier molecular flexibility index (Phi) is 6.09. The van der Waals surface area contributed by atoms with E-state index in [-0.39, 0.29) is 0 Å². The summed E-state index contributed by atoms with van der Waals surface area (Å²) in [5.41, 5.74) is 2.01. The first-order valence-corrected chi connectivity index (χ1v) is 5.18. The van der Waals surface area contributed by atoms with E-state index in [0.717, 1.165) is 18.3 Å². The maximum atomic E-state index is 9.02. The minimum absolute atomic E-state index is 0.351. The largest absolute Gasteiger partial charge is 0.484 e. The van der Waals surface area contributed by atoms with Crippen molar-refractivity contribution in [3.8, 4) is 0 Å². The highest BCUT2D eigenvalue weighted by Gasteiger charge is 2.25. The van der Waals surface area contributed by atoms with Crippen LogP contribution >= 0.6 is 0 Å². The van der Waals surface area contributed by atoms with Crippen LogP contribution in [-0.4, -0.2) is 17.2 Å². The van der Waals surface area contributed by atoms with Crippen molar-refractivity contribution in [2.45, 2.75) is 47.0 Å². The van der Waals surface area contributed by atoms with E-state index in [2.05, 4.69) is 6.92 Å². The lowest BCUT2D eigenvalue weighted by Gasteiger charge is -2.23. The van der Waals surface area contributed by atoms with Gasteiger partial charge in [-0.15, -0.1) is 0 Å². The van der Waals surface area contributed by atoms with Crippen LogP contribution in [0, 0.1) is 5.92 Å². The molecular weight excluding hydrogens is 163 g/mol. The third-order valence-electron chi connectivity index (χ3n) is 2.49. The first-order valence-electron chi connectivity index (χ1n) is 5.18. The van der Waals surface area contributed by atoms with E-state index in [0.29, 0.717) is 5.92 Å². The summed E-state index contributed by atoms with van der Waals surface area (Å²) in [6, 6.07) is 0. The molecule has 0 saturated carbocycles. The zero-order chi connectivity index (χ0) is 10.4. The molecule has 1 rings (SSSR count). The second-order valence-corrected chi connectivity index (χ2v) is 3.40. The fourth-order valence-electron chi connectivity index (χ4n) is 1.87. The van der Waals surface area contributed by atoms with Gasteiger partial charge in [0.2, 0.25) is 0 Å². The van der Waals surface area contributed by atoms with Crippen molar-refractivity contribution in [1.29, 1.82) is 0 Å². The van der Waals surface area contributed by atoms with E-state index in [9.17, 15) is 0 Å². The third kappa shape index (κ3) is 3.53. The predicted molar refractivity (Wildman–Crippen MR) is 57.3 cm³/mol. The van der Waals surface area contributed by atoms with Crippen molar-refractivity contribution in [3.05, 3.63) is 11.0 Å². The molecule has 2 nitrogen and oxygen atoms in total. The third-order valence-corrected chi connectivity index (χ3v) is 2.49. The summed E-state index contributed by atoms with van der Waals surface area (Å²) in [7, 11) is -1.23. The van der Waals surface area contributed by atoms with E-state index in [4.69, 9.17) is 10.0 Å². The minimum Gasteiger partial charge on any atom is -0.423 e. The second-order valence-electron chi connectivity index (χ2n) is 3.40. The molecular formula is C10H21BO2. The molecule has 0 aromatic heterocycles. The second kappa shape index (κ2) is 6.22. The molecule has 13 heavy (non-hydrogen) atoms. The van der Waals surface area contributed by atoms with Crippen LogP contribution in [0.4, 0.5) is 0 Å². The van der Waals surface area contributed by atoms with Crippen LogP contribution in [0.3, 0.4) is 0 Å². The van der Waals surface area contributed by atoms with Crippen molar-refractivity contribution >= 4 is 7.12 Å². The summed E-state index contributed by atoms with van der Waals surface area (Å²) >= 11 is 0. The van der Waals surface area contributed by atoms with Gasteiger partial charge in [-0.25, -0.2) is 0 Å². The molecule has 0 heterocycles. The zero-order valence-corrected chi connectivity index (χ0v) is 9.17. The lowest BCUT2D eigenvalue weighted by atomic mass is 9.65. The Labute approximate surface area is 81.8 Å². The molecule has 0 aliphatic heterocycles. The van der Waals surface area contributed by atoms with Gasteiger partial charge < -0.3 is 10.0 Å². The van der Waals surface area contributed by atoms with Crippen LogP contribution in [0.2, 0.25) is 0 Å². The van der Waals surface area contributed by atoms with E-state index >= 15 is 0 Å². The Bertz CT molecular complexity index is 176. The molecule has 0 aromatic carbocycles. The Morgan fingerprint density at radius 3 is 2.15 bits per heavy atom. The molecule has 76 valence electrons. The number of hydrogen-bond acceptors (Lipinski definition) is 2. The van der Waals surface area contributed by atoms with Crippen LogP contribution in [0.1, 0.15) is 47.0 Å². The molecule has 1 atom stereocenters. The van der Waals surface area contributed by atoms with Crippen LogP contribution in [0.25, 0.3) is 0 Å². The van der Waals surface area contributed by atoms with E-state index in [1.807, 2.05) is 20.8 Å². The number of allylic oxidation sites excluding steroid dienone is 2. The monoisotopic (exact) mass is 184 g/mol. The first kappa shape index (κ1) is 12.7. The summed E-state index contributed by atoms with van der Waals surface area (Å²) in [5, 5.41) is 18.0. The van der Waals surface area contributed by atoms with Crippen molar-refractivity contribution in [1.82, 2.24) is 0 Å². The summed E-state index contributed by atoms with van der Waals surface area (Å²) in [5.74, 6) is 0.351. The summed E-state index contributed by atoms with van der Waals surface area (Å²) in [4.78, 5) is 0. The molecule has 1 aliphatic rings. The quantitative estimate of drug-likeness (QED) is 0.613. The molecule has 0 saturated heterocycles. The highest BCUT2D eigenvalue weighted by atomic mass is 16.4. The summed E-state index contributed by atoms with van der Waals surface area (Å²) in [6.45, 7) is 8.04. The molecule has 1 aliphatic carbocycles. The molecule has 2 N–H and O–H groups in total. The molecule has 1 unspecified atom stereocenters. The van der Waals surface area contributed by atoms with Gasteiger partial charge in [0.1, 0.15) is 0 Å². The lowest BCUT2D eigenvalue weighted by Crippen LogP contribution is -2.24. The minimum atomic E-state index is -1.23. The van der Waals surface area contributed by atoms with Gasteiger partial charge in [-0.1, -0.05) is 26.3 Å². The van der Waals surface area contributed by atoms with Gasteiger partial charge in [0.25, 0.3) is 0 Å².